The quantitative estimate of drug-likeness (QED) is 0.0695. The smallest absolute Gasteiger partial charge is 0.192 e. The Balaban J connectivity index is 0.000000179. The van der Waals surface area contributed by atoms with Crippen molar-refractivity contribution in [2.75, 3.05) is 21.3 Å². The lowest BCUT2D eigenvalue weighted by Crippen LogP contribution is -2.15. The lowest BCUT2D eigenvalue weighted by molar-refractivity contribution is 0.0968. The molecule has 7 aromatic carbocycles. The van der Waals surface area contributed by atoms with Crippen molar-refractivity contribution in [2.24, 2.45) is 0 Å². The number of imidazole rings is 2. The van der Waals surface area contributed by atoms with Gasteiger partial charge in [0.15, 0.2) is 23.1 Å². The standard InChI is InChI=1S/C34H29ClN4O4.C26H21ClN4O3/c1-41-26-13-8-22(9-14-26)20-39-33(30(40)19-31-36-28-17-12-25(35)18-29(28)37-31)34(32(38-39)24-6-4-3-5-7-24)43-21-23-10-15-27(42-2)16-11-23;1-34-19-10-7-16(8-11-19)15-31-25(26(33)24(30-31)17-5-3-2-4-6-17)22(32)14-23-28-20-12-9-18(27)13-21(20)29-23/h3-18H,19-21H2,1-2H3,(H,36,37);2-13,33H,14-15H2,1H3,(H,28,29). The van der Waals surface area contributed by atoms with Crippen LogP contribution in [0.15, 0.2) is 170 Å². The molecule has 0 amide bonds. The first-order chi connectivity index (χ1) is 37.5. The first-order valence-corrected chi connectivity index (χ1v) is 25.2. The molecule has 17 heteroatoms. The molecule has 386 valence electrons. The average molecular weight is 1070 g/mol. The first-order valence-electron chi connectivity index (χ1n) is 24.4. The minimum absolute atomic E-state index is 0.0216. The second-order valence-electron chi connectivity index (χ2n) is 17.8. The number of ether oxygens (including phenoxy) is 4. The Morgan fingerprint density at radius 1 is 0.519 bits per heavy atom. The Hall–Kier alpha value is -9.18. The highest BCUT2D eigenvalue weighted by Gasteiger charge is 2.28. The van der Waals surface area contributed by atoms with Crippen LogP contribution in [0, 0.1) is 0 Å². The summed E-state index contributed by atoms with van der Waals surface area (Å²) in [6, 6.07) is 52.5. The lowest BCUT2D eigenvalue weighted by atomic mass is 10.1. The van der Waals surface area contributed by atoms with E-state index in [0.29, 0.717) is 63.1 Å². The predicted molar refractivity (Wildman–Crippen MR) is 297 cm³/mol. The minimum atomic E-state index is -0.300. The molecule has 4 heterocycles. The fraction of sp³-hybridized carbons (Fsp3) is 0.133. The van der Waals surface area contributed by atoms with Gasteiger partial charge in [-0.3, -0.25) is 19.0 Å². The number of H-pyrrole nitrogens is 2. The number of methoxy groups -OCH3 is 3. The summed E-state index contributed by atoms with van der Waals surface area (Å²) < 4.78 is 25.6. The maximum atomic E-state index is 14.2. The van der Waals surface area contributed by atoms with Gasteiger partial charge >= 0.3 is 0 Å². The number of hydrogen-bond acceptors (Lipinski definition) is 11. The van der Waals surface area contributed by atoms with Crippen molar-refractivity contribution in [2.45, 2.75) is 32.5 Å². The second kappa shape index (κ2) is 23.2. The Morgan fingerprint density at radius 3 is 1.40 bits per heavy atom. The average Bonchev–Trinajstić information content (AvgIpc) is 4.27. The fourth-order valence-corrected chi connectivity index (χ4v) is 9.12. The van der Waals surface area contributed by atoms with E-state index in [0.717, 1.165) is 61.6 Å². The van der Waals surface area contributed by atoms with Crippen molar-refractivity contribution < 1.29 is 33.6 Å². The number of nitrogens with zero attached hydrogens (tertiary/aromatic N) is 6. The molecule has 0 aliphatic rings. The summed E-state index contributed by atoms with van der Waals surface area (Å²) >= 11 is 12.2. The van der Waals surface area contributed by atoms with Crippen LogP contribution in [-0.2, 0) is 32.5 Å². The lowest BCUT2D eigenvalue weighted by Gasteiger charge is -2.11. The summed E-state index contributed by atoms with van der Waals surface area (Å²) in [6.07, 6.45) is -0.00384. The number of carbonyl (C=O) groups is 2. The molecular weight excluding hydrogens is 1020 g/mol. The van der Waals surface area contributed by atoms with E-state index in [1.807, 2.05) is 140 Å². The number of Topliss-reactive ketones (excluding diaryl/α,β-unsaturated/α-hetero) is 2. The fourth-order valence-electron chi connectivity index (χ4n) is 8.78. The van der Waals surface area contributed by atoms with E-state index in [-0.39, 0.29) is 42.5 Å². The number of fused-ring (bicyclic) bond motifs is 2. The third kappa shape index (κ3) is 11.9. The molecule has 0 radical (unpaired) electrons. The number of halogens is 2. The molecule has 11 rings (SSSR count). The van der Waals surface area contributed by atoms with Gasteiger partial charge in [-0.05, 0) is 89.5 Å². The van der Waals surface area contributed by atoms with Crippen molar-refractivity contribution in [1.29, 1.82) is 0 Å². The van der Waals surface area contributed by atoms with Gasteiger partial charge in [0.1, 0.15) is 58.3 Å². The van der Waals surface area contributed by atoms with Gasteiger partial charge in [-0.25, -0.2) is 9.97 Å². The highest BCUT2D eigenvalue weighted by atomic mass is 35.5. The molecular formula is C60H50Cl2N8O7. The van der Waals surface area contributed by atoms with Crippen LogP contribution in [0.3, 0.4) is 0 Å². The molecule has 4 aromatic heterocycles. The van der Waals surface area contributed by atoms with Gasteiger partial charge in [0.25, 0.3) is 0 Å². The summed E-state index contributed by atoms with van der Waals surface area (Å²) in [6.45, 7) is 0.898. The highest BCUT2D eigenvalue weighted by Crippen LogP contribution is 2.36. The topological polar surface area (TPSA) is 184 Å². The molecule has 0 saturated heterocycles. The molecule has 0 bridgehead atoms. The summed E-state index contributed by atoms with van der Waals surface area (Å²) in [7, 11) is 4.86. The number of aromatic amines is 2. The molecule has 0 spiro atoms. The number of nitrogens with one attached hydrogen (secondary N) is 2. The molecule has 0 unspecified atom stereocenters. The van der Waals surface area contributed by atoms with Crippen LogP contribution < -0.4 is 18.9 Å². The summed E-state index contributed by atoms with van der Waals surface area (Å²) in [5, 5.41) is 21.8. The number of ketones is 2. The van der Waals surface area contributed by atoms with Gasteiger partial charge in [-0.2, -0.15) is 10.2 Å². The molecule has 0 fully saturated rings. The van der Waals surface area contributed by atoms with Crippen LogP contribution in [0.4, 0.5) is 0 Å². The molecule has 0 atom stereocenters. The number of carbonyl (C=O) groups excluding carboxylic acids is 2. The van der Waals surface area contributed by atoms with Gasteiger partial charge in [0.2, 0.25) is 0 Å². The predicted octanol–water partition coefficient (Wildman–Crippen LogP) is 12.4. The summed E-state index contributed by atoms with van der Waals surface area (Å²) in [5.41, 5.74) is 8.76. The third-order valence-electron chi connectivity index (χ3n) is 12.6. The van der Waals surface area contributed by atoms with Gasteiger partial charge in [-0.1, -0.05) is 120 Å². The molecule has 0 aliphatic carbocycles. The van der Waals surface area contributed by atoms with Crippen LogP contribution in [-0.4, -0.2) is 77.5 Å². The van der Waals surface area contributed by atoms with Gasteiger partial charge in [0, 0.05) is 21.2 Å². The zero-order chi connectivity index (χ0) is 53.4. The van der Waals surface area contributed by atoms with Gasteiger partial charge in [0.05, 0.1) is 69.3 Å². The van der Waals surface area contributed by atoms with E-state index in [9.17, 15) is 14.7 Å². The Kier molecular flexibility index (Phi) is 15.4. The zero-order valence-corrected chi connectivity index (χ0v) is 43.5. The number of aromatic nitrogens is 8. The SMILES string of the molecule is COc1ccc(COc2c(-c3ccccc3)nn(Cc3ccc(OC)cc3)c2C(=O)Cc2nc3ccc(Cl)cc3[nH]2)cc1.COc1ccc(Cn2nc(-c3ccccc3)c(O)c2C(=O)Cc2nc3ccc(Cl)cc3[nH]2)cc1. The van der Waals surface area contributed by atoms with Crippen LogP contribution in [0.2, 0.25) is 10.0 Å². The molecule has 11 aromatic rings. The maximum absolute atomic E-state index is 14.2. The van der Waals surface area contributed by atoms with E-state index in [1.165, 1.54) is 0 Å². The summed E-state index contributed by atoms with van der Waals surface area (Å²) in [4.78, 5) is 43.1. The second-order valence-corrected chi connectivity index (χ2v) is 18.7. The third-order valence-corrected chi connectivity index (χ3v) is 13.1. The van der Waals surface area contributed by atoms with Crippen molar-refractivity contribution >= 4 is 56.8 Å². The van der Waals surface area contributed by atoms with Crippen LogP contribution in [0.1, 0.15) is 49.3 Å². The Bertz CT molecular complexity index is 3840. The van der Waals surface area contributed by atoms with Crippen LogP contribution >= 0.6 is 23.2 Å². The first kappa shape index (κ1) is 51.3. The largest absolute Gasteiger partial charge is 0.504 e. The van der Waals surface area contributed by atoms with E-state index in [4.69, 9.17) is 47.2 Å². The Labute approximate surface area is 452 Å². The highest BCUT2D eigenvalue weighted by molar-refractivity contribution is 6.31. The minimum Gasteiger partial charge on any atom is -0.504 e. The number of hydrogen-bond donors (Lipinski definition) is 3. The Morgan fingerprint density at radius 2 is 0.935 bits per heavy atom. The monoisotopic (exact) mass is 1060 g/mol. The van der Waals surface area contributed by atoms with E-state index in [1.54, 1.807) is 61.0 Å². The molecule has 15 nitrogen and oxygen atoms in total. The number of rotatable bonds is 18. The normalized spacial score (nSPS) is 11.1. The maximum Gasteiger partial charge on any atom is 0.192 e. The van der Waals surface area contributed by atoms with Crippen molar-refractivity contribution in [1.82, 2.24) is 39.5 Å². The van der Waals surface area contributed by atoms with Crippen molar-refractivity contribution in [3.05, 3.63) is 220 Å². The van der Waals surface area contributed by atoms with E-state index in [2.05, 4.69) is 25.0 Å². The van der Waals surface area contributed by atoms with Crippen LogP contribution in [0.5, 0.6) is 28.7 Å². The van der Waals surface area contributed by atoms with E-state index < -0.39 is 0 Å². The van der Waals surface area contributed by atoms with Gasteiger partial charge < -0.3 is 34.0 Å². The van der Waals surface area contributed by atoms with Crippen LogP contribution in [0.25, 0.3) is 44.6 Å². The molecule has 0 aliphatic heterocycles. The summed E-state index contributed by atoms with van der Waals surface area (Å²) in [5.74, 6) is 3.04. The van der Waals surface area contributed by atoms with Crippen molar-refractivity contribution in [3.8, 4) is 51.3 Å². The molecule has 3 N–H and O–H groups in total. The molecule has 77 heavy (non-hydrogen) atoms. The zero-order valence-electron chi connectivity index (χ0n) is 42.0. The van der Waals surface area contributed by atoms with E-state index >= 15 is 0 Å². The van der Waals surface area contributed by atoms with Crippen molar-refractivity contribution in [3.63, 3.8) is 0 Å². The molecule has 0 saturated carbocycles. The number of aromatic hydroxyl groups is 1. The number of benzene rings is 7. The van der Waals surface area contributed by atoms with Gasteiger partial charge in [-0.15, -0.1) is 0 Å².